The summed E-state index contributed by atoms with van der Waals surface area (Å²) < 4.78 is 11.4. The molecule has 1 aromatic heterocycles. The number of hydrogen-bond donors (Lipinski definition) is 1. The Morgan fingerprint density at radius 1 is 1.29 bits per heavy atom. The molecule has 0 saturated carbocycles. The van der Waals surface area contributed by atoms with E-state index < -0.39 is 0 Å². The monoisotopic (exact) mass is 293 g/mol. The molecular weight excluding hydrogens is 266 g/mol. The minimum Gasteiger partial charge on any atom is -0.381 e. The molecule has 2 heterocycles. The van der Waals surface area contributed by atoms with Gasteiger partial charge >= 0.3 is 0 Å². The molecule has 1 aliphatic rings. The van der Waals surface area contributed by atoms with Crippen molar-refractivity contribution < 1.29 is 9.47 Å². The van der Waals surface area contributed by atoms with E-state index in [9.17, 15) is 0 Å². The molecule has 5 nitrogen and oxygen atoms in total. The zero-order valence-corrected chi connectivity index (χ0v) is 13.4. The third kappa shape index (κ3) is 4.46. The fourth-order valence-electron chi connectivity index (χ4n) is 2.60. The highest BCUT2D eigenvalue weighted by atomic mass is 16.5. The van der Waals surface area contributed by atoms with E-state index in [1.54, 1.807) is 0 Å². The summed E-state index contributed by atoms with van der Waals surface area (Å²) in [5.41, 5.74) is 0.745. The van der Waals surface area contributed by atoms with Gasteiger partial charge in [0.15, 0.2) is 5.82 Å². The first-order valence-corrected chi connectivity index (χ1v) is 7.90. The van der Waals surface area contributed by atoms with Crippen LogP contribution in [0.15, 0.2) is 12.4 Å². The molecule has 1 N–H and O–H groups in total. The highest BCUT2D eigenvalue weighted by Crippen LogP contribution is 2.33. The molecule has 0 aliphatic carbocycles. The molecule has 1 aliphatic heterocycles. The molecule has 5 heteroatoms. The summed E-state index contributed by atoms with van der Waals surface area (Å²) in [6.45, 7) is 10.3. The van der Waals surface area contributed by atoms with E-state index in [4.69, 9.17) is 9.47 Å². The number of rotatable bonds is 7. The molecule has 2 rings (SSSR count). The van der Waals surface area contributed by atoms with Gasteiger partial charge < -0.3 is 14.8 Å². The van der Waals surface area contributed by atoms with Gasteiger partial charge in [0.05, 0.1) is 0 Å². The second-order valence-electron chi connectivity index (χ2n) is 5.98. The lowest BCUT2D eigenvalue weighted by molar-refractivity contribution is -0.117. The number of aromatic nitrogens is 2. The molecule has 0 spiro atoms. The molecular formula is C16H27N3O2. The Kier molecular flexibility index (Phi) is 6.08. The lowest BCUT2D eigenvalue weighted by Crippen LogP contribution is -2.38. The molecule has 0 amide bonds. The van der Waals surface area contributed by atoms with Gasteiger partial charge in [-0.2, -0.15) is 0 Å². The average Bonchev–Trinajstić information content (AvgIpc) is 2.49. The van der Waals surface area contributed by atoms with Crippen LogP contribution in [-0.2, 0) is 21.6 Å². The number of hydrogen-bond acceptors (Lipinski definition) is 5. The van der Waals surface area contributed by atoms with Crippen LogP contribution in [0.1, 0.15) is 45.0 Å². The summed E-state index contributed by atoms with van der Waals surface area (Å²) >= 11 is 0. The van der Waals surface area contributed by atoms with Gasteiger partial charge in [0.1, 0.15) is 5.60 Å². The molecule has 0 bridgehead atoms. The summed E-state index contributed by atoms with van der Waals surface area (Å²) in [4.78, 5) is 9.12. The normalized spacial score (nSPS) is 18.1. The first-order chi connectivity index (χ1) is 10.2. The van der Waals surface area contributed by atoms with E-state index in [1.165, 1.54) is 0 Å². The van der Waals surface area contributed by atoms with Crippen LogP contribution >= 0.6 is 0 Å². The van der Waals surface area contributed by atoms with Crippen LogP contribution < -0.4 is 5.32 Å². The summed E-state index contributed by atoms with van der Waals surface area (Å²) in [6, 6.07) is 0. The third-order valence-corrected chi connectivity index (χ3v) is 3.72. The van der Waals surface area contributed by atoms with Crippen LogP contribution in [0, 0.1) is 5.92 Å². The van der Waals surface area contributed by atoms with Crippen molar-refractivity contribution in [2.75, 3.05) is 26.4 Å². The molecule has 0 atom stereocenters. The van der Waals surface area contributed by atoms with Gasteiger partial charge in [0.2, 0.25) is 0 Å². The minimum absolute atomic E-state index is 0.364. The molecule has 118 valence electrons. The smallest absolute Gasteiger partial charge is 0.160 e. The fraction of sp³-hybridized carbons (Fsp3) is 0.750. The van der Waals surface area contributed by atoms with Crippen LogP contribution in [0.2, 0.25) is 0 Å². The number of ether oxygens (including phenoxy) is 2. The minimum atomic E-state index is -0.364. The zero-order valence-electron chi connectivity index (χ0n) is 13.4. The molecule has 0 unspecified atom stereocenters. The second kappa shape index (κ2) is 7.82. The zero-order chi connectivity index (χ0) is 15.1. The standard InChI is InChI=1S/C16H27N3O2/c1-4-21-16(5-7-20-8-6-16)15-18-11-14(12-19-15)10-17-9-13(2)3/h11-13,17H,4-10H2,1-3H3. The van der Waals surface area contributed by atoms with Crippen molar-refractivity contribution >= 4 is 0 Å². The Morgan fingerprint density at radius 3 is 2.52 bits per heavy atom. The van der Waals surface area contributed by atoms with Gasteiger partial charge in [-0.3, -0.25) is 0 Å². The fourth-order valence-corrected chi connectivity index (χ4v) is 2.60. The average molecular weight is 293 g/mol. The summed E-state index contributed by atoms with van der Waals surface area (Å²) in [7, 11) is 0. The Morgan fingerprint density at radius 2 is 1.95 bits per heavy atom. The first-order valence-electron chi connectivity index (χ1n) is 7.90. The largest absolute Gasteiger partial charge is 0.381 e. The highest BCUT2D eigenvalue weighted by Gasteiger charge is 2.37. The van der Waals surface area contributed by atoms with Crippen LogP contribution in [-0.4, -0.2) is 36.3 Å². The van der Waals surface area contributed by atoms with Crippen LogP contribution in [0.3, 0.4) is 0 Å². The van der Waals surface area contributed by atoms with Gasteiger partial charge in [0, 0.05) is 57.2 Å². The SMILES string of the molecule is CCOC1(c2ncc(CNCC(C)C)cn2)CCOCC1. The highest BCUT2D eigenvalue weighted by molar-refractivity contribution is 5.10. The van der Waals surface area contributed by atoms with Crippen molar-refractivity contribution in [3.8, 4) is 0 Å². The summed E-state index contributed by atoms with van der Waals surface area (Å²) in [6.07, 6.45) is 5.47. The topological polar surface area (TPSA) is 56.3 Å². The number of nitrogens with zero attached hydrogens (tertiary/aromatic N) is 2. The molecule has 1 saturated heterocycles. The maximum absolute atomic E-state index is 5.99. The van der Waals surface area contributed by atoms with Crippen molar-refractivity contribution in [3.05, 3.63) is 23.8 Å². The third-order valence-electron chi connectivity index (χ3n) is 3.72. The van der Waals surface area contributed by atoms with Crippen molar-refractivity contribution in [1.29, 1.82) is 0 Å². The van der Waals surface area contributed by atoms with Gasteiger partial charge in [-0.1, -0.05) is 13.8 Å². The lowest BCUT2D eigenvalue weighted by Gasteiger charge is -2.35. The number of nitrogens with one attached hydrogen (secondary N) is 1. The first kappa shape index (κ1) is 16.3. The van der Waals surface area contributed by atoms with E-state index in [0.29, 0.717) is 25.7 Å². The van der Waals surface area contributed by atoms with E-state index >= 15 is 0 Å². The van der Waals surface area contributed by atoms with Crippen molar-refractivity contribution in [2.45, 2.75) is 45.8 Å². The Bertz CT molecular complexity index is 409. The molecule has 0 aromatic carbocycles. The van der Waals surface area contributed by atoms with Crippen LogP contribution in [0.4, 0.5) is 0 Å². The van der Waals surface area contributed by atoms with Gasteiger partial charge in [-0.15, -0.1) is 0 Å². The van der Waals surface area contributed by atoms with Crippen molar-refractivity contribution in [2.24, 2.45) is 5.92 Å². The lowest BCUT2D eigenvalue weighted by atomic mass is 9.93. The predicted molar refractivity (Wildman–Crippen MR) is 81.9 cm³/mol. The second-order valence-corrected chi connectivity index (χ2v) is 5.98. The van der Waals surface area contributed by atoms with E-state index in [-0.39, 0.29) is 5.60 Å². The molecule has 21 heavy (non-hydrogen) atoms. The Labute approximate surface area is 127 Å². The van der Waals surface area contributed by atoms with E-state index in [2.05, 4.69) is 29.1 Å². The van der Waals surface area contributed by atoms with E-state index in [0.717, 1.165) is 37.3 Å². The summed E-state index contributed by atoms with van der Waals surface area (Å²) in [5, 5.41) is 3.40. The maximum atomic E-state index is 5.99. The van der Waals surface area contributed by atoms with Crippen molar-refractivity contribution in [1.82, 2.24) is 15.3 Å². The predicted octanol–water partition coefficient (Wildman–Crippen LogP) is 2.26. The van der Waals surface area contributed by atoms with Crippen LogP contribution in [0.5, 0.6) is 0 Å². The summed E-state index contributed by atoms with van der Waals surface area (Å²) in [5.74, 6) is 1.44. The molecule has 0 radical (unpaired) electrons. The molecule has 1 fully saturated rings. The van der Waals surface area contributed by atoms with E-state index in [1.807, 2.05) is 19.3 Å². The van der Waals surface area contributed by atoms with Gasteiger partial charge in [0.25, 0.3) is 0 Å². The Balaban J connectivity index is 2.02. The van der Waals surface area contributed by atoms with Crippen molar-refractivity contribution in [3.63, 3.8) is 0 Å². The van der Waals surface area contributed by atoms with Gasteiger partial charge in [-0.25, -0.2) is 9.97 Å². The molecule has 1 aromatic rings. The Hall–Kier alpha value is -1.04. The quantitative estimate of drug-likeness (QED) is 0.835. The van der Waals surface area contributed by atoms with Crippen LogP contribution in [0.25, 0.3) is 0 Å². The van der Waals surface area contributed by atoms with Gasteiger partial charge in [-0.05, 0) is 19.4 Å². The maximum Gasteiger partial charge on any atom is 0.160 e.